The molecule has 0 fully saturated rings. The van der Waals surface area contributed by atoms with E-state index in [0.717, 1.165) is 34.0 Å². The molecular formula is C23H22ClN5O2. The highest BCUT2D eigenvalue weighted by atomic mass is 35.5. The van der Waals surface area contributed by atoms with Gasteiger partial charge in [-0.05, 0) is 48.0 Å². The molecule has 4 aromatic rings. The van der Waals surface area contributed by atoms with Gasteiger partial charge in [-0.1, -0.05) is 17.7 Å². The molecule has 4 rings (SSSR count). The molecule has 0 bridgehead atoms. The van der Waals surface area contributed by atoms with E-state index in [1.54, 1.807) is 30.7 Å². The molecule has 0 unspecified atom stereocenters. The number of ether oxygens (including phenoxy) is 1. The van der Waals surface area contributed by atoms with Crippen LogP contribution in [0.5, 0.6) is 5.75 Å². The van der Waals surface area contributed by atoms with Gasteiger partial charge in [-0.2, -0.15) is 0 Å². The average molecular weight is 436 g/mol. The van der Waals surface area contributed by atoms with Gasteiger partial charge in [0, 0.05) is 42.8 Å². The van der Waals surface area contributed by atoms with Gasteiger partial charge in [-0.3, -0.25) is 4.98 Å². The van der Waals surface area contributed by atoms with E-state index in [1.165, 1.54) is 0 Å². The highest BCUT2D eigenvalue weighted by Crippen LogP contribution is 2.23. The molecule has 0 aliphatic heterocycles. The number of nitrogens with one attached hydrogen (secondary N) is 2. The summed E-state index contributed by atoms with van der Waals surface area (Å²) in [6, 6.07) is 15.1. The summed E-state index contributed by atoms with van der Waals surface area (Å²) in [5, 5.41) is 13.7. The maximum Gasteiger partial charge on any atom is 0.137 e. The summed E-state index contributed by atoms with van der Waals surface area (Å²) in [7, 11) is 0. The quantitative estimate of drug-likeness (QED) is 0.272. The van der Waals surface area contributed by atoms with Gasteiger partial charge in [0.25, 0.3) is 0 Å². The Balaban J connectivity index is 1.23. The fourth-order valence-corrected chi connectivity index (χ4v) is 3.15. The smallest absolute Gasteiger partial charge is 0.137 e. The van der Waals surface area contributed by atoms with Crippen molar-refractivity contribution in [1.29, 1.82) is 0 Å². The van der Waals surface area contributed by atoms with Crippen molar-refractivity contribution in [3.8, 4) is 28.4 Å². The van der Waals surface area contributed by atoms with Gasteiger partial charge in [0.15, 0.2) is 0 Å². The van der Waals surface area contributed by atoms with E-state index >= 15 is 0 Å². The SMILES string of the molecule is O[C@@H](CNCCOc1ccc(-c2cnc(-c3ccncc3)[nH]2)cc1)c1ccc(Cl)nc1. The zero-order valence-corrected chi connectivity index (χ0v) is 17.5. The number of hydrogen-bond donors (Lipinski definition) is 3. The minimum atomic E-state index is -0.643. The molecule has 31 heavy (non-hydrogen) atoms. The van der Waals surface area contributed by atoms with Gasteiger partial charge < -0.3 is 20.1 Å². The van der Waals surface area contributed by atoms with Crippen LogP contribution >= 0.6 is 11.6 Å². The standard InChI is InChI=1S/C23H22ClN5O2/c24-22-6-3-18(13-27-22)21(30)15-26-11-12-31-19-4-1-16(2-5-19)20-14-28-23(29-20)17-7-9-25-10-8-17/h1-10,13-14,21,26,30H,11-12,15H2,(H,28,29)/t21-/m0/s1. The molecule has 8 heteroatoms. The summed E-state index contributed by atoms with van der Waals surface area (Å²) in [5.41, 5.74) is 3.68. The second kappa shape index (κ2) is 10.2. The Morgan fingerprint density at radius 1 is 0.968 bits per heavy atom. The number of aromatic nitrogens is 4. The highest BCUT2D eigenvalue weighted by molar-refractivity contribution is 6.29. The van der Waals surface area contributed by atoms with Crippen molar-refractivity contribution in [3.63, 3.8) is 0 Å². The van der Waals surface area contributed by atoms with E-state index in [0.29, 0.717) is 24.8 Å². The maximum absolute atomic E-state index is 10.1. The molecule has 0 amide bonds. The lowest BCUT2D eigenvalue weighted by molar-refractivity contribution is 0.171. The van der Waals surface area contributed by atoms with E-state index in [9.17, 15) is 5.11 Å². The number of imidazole rings is 1. The number of aliphatic hydroxyl groups is 1. The van der Waals surface area contributed by atoms with Gasteiger partial charge >= 0.3 is 0 Å². The molecule has 3 aromatic heterocycles. The van der Waals surface area contributed by atoms with E-state index in [-0.39, 0.29) is 0 Å². The summed E-state index contributed by atoms with van der Waals surface area (Å²) in [6.45, 7) is 1.50. The predicted octanol–water partition coefficient (Wildman–Crippen LogP) is 3.89. The van der Waals surface area contributed by atoms with Crippen LogP contribution in [0.25, 0.3) is 22.6 Å². The normalized spacial score (nSPS) is 11.9. The Labute approximate surface area is 185 Å². The maximum atomic E-state index is 10.1. The largest absolute Gasteiger partial charge is 0.492 e. The molecule has 0 spiro atoms. The molecule has 7 nitrogen and oxygen atoms in total. The van der Waals surface area contributed by atoms with Crippen LogP contribution in [0.2, 0.25) is 5.15 Å². The number of halogens is 1. The summed E-state index contributed by atoms with van der Waals surface area (Å²) in [6.07, 6.45) is 6.24. The zero-order valence-electron chi connectivity index (χ0n) is 16.7. The minimum Gasteiger partial charge on any atom is -0.492 e. The van der Waals surface area contributed by atoms with Crippen LogP contribution in [-0.4, -0.2) is 44.7 Å². The number of rotatable bonds is 9. The monoisotopic (exact) mass is 435 g/mol. The first-order valence-corrected chi connectivity index (χ1v) is 10.3. The van der Waals surface area contributed by atoms with Gasteiger partial charge in [0.2, 0.25) is 0 Å². The first-order chi connectivity index (χ1) is 15.2. The molecule has 158 valence electrons. The summed E-state index contributed by atoms with van der Waals surface area (Å²) in [4.78, 5) is 15.8. The van der Waals surface area contributed by atoms with Crippen LogP contribution in [0.4, 0.5) is 0 Å². The van der Waals surface area contributed by atoms with E-state index in [2.05, 4.69) is 25.3 Å². The summed E-state index contributed by atoms with van der Waals surface area (Å²) < 4.78 is 5.77. The zero-order chi connectivity index (χ0) is 21.5. The predicted molar refractivity (Wildman–Crippen MR) is 120 cm³/mol. The van der Waals surface area contributed by atoms with Crippen LogP contribution in [0, 0.1) is 0 Å². The topological polar surface area (TPSA) is 96.0 Å². The van der Waals surface area contributed by atoms with E-state index in [4.69, 9.17) is 16.3 Å². The number of hydrogen-bond acceptors (Lipinski definition) is 6. The molecular weight excluding hydrogens is 414 g/mol. The van der Waals surface area contributed by atoms with Gasteiger partial charge in [0.1, 0.15) is 23.3 Å². The third-order valence-electron chi connectivity index (χ3n) is 4.72. The Morgan fingerprint density at radius 2 is 1.77 bits per heavy atom. The Hall–Kier alpha value is -3.26. The van der Waals surface area contributed by atoms with Crippen molar-refractivity contribution in [2.24, 2.45) is 0 Å². The van der Waals surface area contributed by atoms with E-state index < -0.39 is 6.10 Å². The number of benzene rings is 1. The van der Waals surface area contributed by atoms with Crippen molar-refractivity contribution in [3.05, 3.63) is 84.0 Å². The van der Waals surface area contributed by atoms with E-state index in [1.807, 2.05) is 42.6 Å². The average Bonchev–Trinajstić information content (AvgIpc) is 3.30. The molecule has 3 heterocycles. The Kier molecular flexibility index (Phi) is 6.89. The second-order valence-corrected chi connectivity index (χ2v) is 7.28. The number of pyridine rings is 2. The van der Waals surface area contributed by atoms with Crippen molar-refractivity contribution in [2.45, 2.75) is 6.10 Å². The molecule has 0 aliphatic rings. The van der Waals surface area contributed by atoms with Crippen LogP contribution in [-0.2, 0) is 0 Å². The highest BCUT2D eigenvalue weighted by Gasteiger charge is 2.08. The van der Waals surface area contributed by atoms with Gasteiger partial charge in [0.05, 0.1) is 18.0 Å². The number of aromatic amines is 1. The summed E-state index contributed by atoms with van der Waals surface area (Å²) in [5.74, 6) is 1.59. The van der Waals surface area contributed by atoms with Crippen molar-refractivity contribution < 1.29 is 9.84 Å². The van der Waals surface area contributed by atoms with Gasteiger partial charge in [-0.15, -0.1) is 0 Å². The molecule has 0 saturated carbocycles. The number of aliphatic hydroxyl groups excluding tert-OH is 1. The van der Waals surface area contributed by atoms with Crippen LogP contribution in [0.1, 0.15) is 11.7 Å². The van der Waals surface area contributed by atoms with Crippen LogP contribution in [0.3, 0.4) is 0 Å². The molecule has 0 radical (unpaired) electrons. The lowest BCUT2D eigenvalue weighted by atomic mass is 10.1. The number of H-pyrrole nitrogens is 1. The molecule has 0 aliphatic carbocycles. The third kappa shape index (κ3) is 5.67. The third-order valence-corrected chi connectivity index (χ3v) is 4.94. The molecule has 0 saturated heterocycles. The first-order valence-electron chi connectivity index (χ1n) is 9.88. The second-order valence-electron chi connectivity index (χ2n) is 6.89. The Morgan fingerprint density at radius 3 is 2.52 bits per heavy atom. The van der Waals surface area contributed by atoms with Crippen molar-refractivity contribution in [1.82, 2.24) is 25.3 Å². The first kappa shape index (κ1) is 21.0. The lowest BCUT2D eigenvalue weighted by Crippen LogP contribution is -2.26. The minimum absolute atomic E-state index is 0.407. The Bertz CT molecular complexity index is 1090. The van der Waals surface area contributed by atoms with Crippen molar-refractivity contribution in [2.75, 3.05) is 19.7 Å². The fraction of sp³-hybridized carbons (Fsp3) is 0.174. The molecule has 1 aromatic carbocycles. The summed E-state index contributed by atoms with van der Waals surface area (Å²) >= 11 is 5.76. The van der Waals surface area contributed by atoms with Gasteiger partial charge in [-0.25, -0.2) is 9.97 Å². The molecule has 1 atom stereocenters. The fourth-order valence-electron chi connectivity index (χ4n) is 3.04. The van der Waals surface area contributed by atoms with Crippen LogP contribution < -0.4 is 10.1 Å². The number of nitrogens with zero attached hydrogens (tertiary/aromatic N) is 3. The molecule has 3 N–H and O–H groups in total. The van der Waals surface area contributed by atoms with Crippen molar-refractivity contribution >= 4 is 11.6 Å². The lowest BCUT2D eigenvalue weighted by Gasteiger charge is -2.12. The van der Waals surface area contributed by atoms with Crippen LogP contribution in [0.15, 0.2) is 73.3 Å².